The predicted molar refractivity (Wildman–Crippen MR) is 80.8 cm³/mol. The molecule has 0 spiro atoms. The van der Waals surface area contributed by atoms with Crippen LogP contribution in [0.3, 0.4) is 0 Å². The van der Waals surface area contributed by atoms with Crippen molar-refractivity contribution in [2.24, 2.45) is 5.92 Å². The van der Waals surface area contributed by atoms with Crippen LogP contribution < -0.4 is 10.6 Å². The van der Waals surface area contributed by atoms with Crippen LogP contribution in [0.25, 0.3) is 0 Å². The van der Waals surface area contributed by atoms with Gasteiger partial charge in [-0.1, -0.05) is 0 Å². The fraction of sp³-hybridized carbons (Fsp3) is 0.538. The van der Waals surface area contributed by atoms with Crippen LogP contribution in [-0.2, 0) is 11.3 Å². The molecule has 19 heavy (non-hydrogen) atoms. The number of rotatable bonds is 4. The van der Waals surface area contributed by atoms with Gasteiger partial charge in [0, 0.05) is 25.4 Å². The second kappa shape index (κ2) is 10.0. The summed E-state index contributed by atoms with van der Waals surface area (Å²) >= 11 is 0. The Hall–Kier alpha value is -0.840. The third-order valence-corrected chi connectivity index (χ3v) is 3.17. The van der Waals surface area contributed by atoms with Crippen LogP contribution in [0.1, 0.15) is 24.8 Å². The zero-order chi connectivity index (χ0) is 11.9. The molecule has 2 N–H and O–H groups in total. The number of hydrogen-bond acceptors (Lipinski definition) is 3. The molecule has 1 fully saturated rings. The van der Waals surface area contributed by atoms with Gasteiger partial charge in [-0.15, -0.1) is 24.8 Å². The van der Waals surface area contributed by atoms with E-state index in [2.05, 4.69) is 15.6 Å². The largest absolute Gasteiger partial charge is 0.352 e. The molecular formula is C13H21Cl2N3O. The quantitative estimate of drug-likeness (QED) is 0.894. The zero-order valence-electron chi connectivity index (χ0n) is 10.8. The van der Waals surface area contributed by atoms with Crippen molar-refractivity contribution in [2.45, 2.75) is 25.8 Å². The van der Waals surface area contributed by atoms with E-state index in [0.29, 0.717) is 18.9 Å². The Morgan fingerprint density at radius 3 is 2.53 bits per heavy atom. The molecular weight excluding hydrogens is 285 g/mol. The maximum atomic E-state index is 11.7. The maximum absolute atomic E-state index is 11.7. The van der Waals surface area contributed by atoms with Crippen molar-refractivity contribution in [3.8, 4) is 0 Å². The van der Waals surface area contributed by atoms with E-state index in [0.717, 1.165) is 31.5 Å². The molecule has 1 aromatic heterocycles. The minimum absolute atomic E-state index is 0. The number of piperidine rings is 1. The van der Waals surface area contributed by atoms with Gasteiger partial charge in [-0.3, -0.25) is 9.78 Å². The Labute approximate surface area is 126 Å². The molecule has 6 heteroatoms. The maximum Gasteiger partial charge on any atom is 0.220 e. The molecule has 1 aliphatic heterocycles. The van der Waals surface area contributed by atoms with E-state index in [1.54, 1.807) is 12.4 Å². The van der Waals surface area contributed by atoms with Gasteiger partial charge >= 0.3 is 0 Å². The van der Waals surface area contributed by atoms with Crippen molar-refractivity contribution in [3.05, 3.63) is 30.1 Å². The van der Waals surface area contributed by atoms with Crippen molar-refractivity contribution in [1.29, 1.82) is 0 Å². The van der Waals surface area contributed by atoms with Crippen LogP contribution in [-0.4, -0.2) is 24.0 Å². The van der Waals surface area contributed by atoms with E-state index in [4.69, 9.17) is 0 Å². The van der Waals surface area contributed by atoms with Crippen molar-refractivity contribution in [3.63, 3.8) is 0 Å². The first-order valence-corrected chi connectivity index (χ1v) is 6.21. The standard InChI is InChI=1S/C13H19N3O.2ClH/c17-13(9-11-1-5-14-6-2-11)16-10-12-3-7-15-8-4-12;;/h3-4,7-8,11,14H,1-2,5-6,9-10H2,(H,16,17);2*1H. The lowest BCUT2D eigenvalue weighted by Gasteiger charge is -2.21. The second-order valence-corrected chi connectivity index (χ2v) is 4.53. The van der Waals surface area contributed by atoms with Crippen LogP contribution in [0.5, 0.6) is 0 Å². The van der Waals surface area contributed by atoms with Crippen molar-refractivity contribution >= 4 is 30.7 Å². The molecule has 0 bridgehead atoms. The monoisotopic (exact) mass is 305 g/mol. The summed E-state index contributed by atoms with van der Waals surface area (Å²) in [5.74, 6) is 0.711. The zero-order valence-corrected chi connectivity index (χ0v) is 12.4. The predicted octanol–water partition coefficient (Wildman–Crippen LogP) is 1.93. The topological polar surface area (TPSA) is 54.0 Å². The van der Waals surface area contributed by atoms with Gasteiger partial charge in [0.1, 0.15) is 0 Å². The Bertz CT molecular complexity index is 356. The molecule has 1 aliphatic rings. The number of carbonyl (C=O) groups excluding carboxylic acids is 1. The molecule has 1 amide bonds. The first-order chi connectivity index (χ1) is 8.34. The summed E-state index contributed by atoms with van der Waals surface area (Å²) < 4.78 is 0. The van der Waals surface area contributed by atoms with E-state index in [1.807, 2.05) is 12.1 Å². The fourth-order valence-electron chi connectivity index (χ4n) is 2.12. The van der Waals surface area contributed by atoms with E-state index < -0.39 is 0 Å². The third-order valence-electron chi connectivity index (χ3n) is 3.17. The highest BCUT2D eigenvalue weighted by molar-refractivity contribution is 5.85. The van der Waals surface area contributed by atoms with Gasteiger partial charge in [-0.25, -0.2) is 0 Å². The molecule has 0 saturated carbocycles. The molecule has 4 nitrogen and oxygen atoms in total. The Morgan fingerprint density at radius 1 is 1.26 bits per heavy atom. The van der Waals surface area contributed by atoms with E-state index in [9.17, 15) is 4.79 Å². The molecule has 0 unspecified atom stereocenters. The molecule has 0 aromatic carbocycles. The summed E-state index contributed by atoms with van der Waals surface area (Å²) in [7, 11) is 0. The Morgan fingerprint density at radius 2 is 1.89 bits per heavy atom. The molecule has 1 saturated heterocycles. The lowest BCUT2D eigenvalue weighted by atomic mass is 9.94. The normalized spacial score (nSPS) is 14.9. The van der Waals surface area contributed by atoms with Gasteiger partial charge in [0.2, 0.25) is 5.91 Å². The number of aromatic nitrogens is 1. The highest BCUT2D eigenvalue weighted by Crippen LogP contribution is 2.15. The first kappa shape index (κ1) is 18.2. The van der Waals surface area contributed by atoms with Crippen LogP contribution >= 0.6 is 24.8 Å². The van der Waals surface area contributed by atoms with Gasteiger partial charge in [0.05, 0.1) is 0 Å². The van der Waals surface area contributed by atoms with Crippen LogP contribution in [0, 0.1) is 5.92 Å². The van der Waals surface area contributed by atoms with Gasteiger partial charge < -0.3 is 10.6 Å². The smallest absolute Gasteiger partial charge is 0.220 e. The highest BCUT2D eigenvalue weighted by Gasteiger charge is 2.16. The summed E-state index contributed by atoms with van der Waals surface area (Å²) in [6.45, 7) is 2.69. The molecule has 1 aromatic rings. The average molecular weight is 306 g/mol. The van der Waals surface area contributed by atoms with Gasteiger partial charge in [0.25, 0.3) is 0 Å². The van der Waals surface area contributed by atoms with Crippen LogP contribution in [0.15, 0.2) is 24.5 Å². The number of nitrogens with one attached hydrogen (secondary N) is 2. The van der Waals surface area contributed by atoms with Crippen molar-refractivity contribution < 1.29 is 4.79 Å². The molecule has 0 radical (unpaired) electrons. The SMILES string of the molecule is Cl.Cl.O=C(CC1CCNCC1)NCc1ccncc1. The van der Waals surface area contributed by atoms with Crippen LogP contribution in [0.2, 0.25) is 0 Å². The van der Waals surface area contributed by atoms with E-state index in [-0.39, 0.29) is 30.7 Å². The number of hydrogen-bond donors (Lipinski definition) is 2. The number of pyridine rings is 1. The van der Waals surface area contributed by atoms with Gasteiger partial charge in [0.15, 0.2) is 0 Å². The Balaban J connectivity index is 0.00000162. The third kappa shape index (κ3) is 6.76. The lowest BCUT2D eigenvalue weighted by molar-refractivity contribution is -0.122. The summed E-state index contributed by atoms with van der Waals surface area (Å²) in [6.07, 6.45) is 6.38. The minimum Gasteiger partial charge on any atom is -0.352 e. The first-order valence-electron chi connectivity index (χ1n) is 6.21. The summed E-state index contributed by atoms with van der Waals surface area (Å²) in [4.78, 5) is 15.7. The molecule has 108 valence electrons. The van der Waals surface area contributed by atoms with Gasteiger partial charge in [-0.2, -0.15) is 0 Å². The Kier molecular flexibility index (Phi) is 9.57. The summed E-state index contributed by atoms with van der Waals surface area (Å²) in [5, 5.41) is 6.27. The van der Waals surface area contributed by atoms with Crippen LogP contribution in [0.4, 0.5) is 0 Å². The number of amides is 1. The lowest BCUT2D eigenvalue weighted by Crippen LogP contribution is -2.32. The van der Waals surface area contributed by atoms with E-state index in [1.165, 1.54) is 0 Å². The second-order valence-electron chi connectivity index (χ2n) is 4.53. The summed E-state index contributed by atoms with van der Waals surface area (Å²) in [6, 6.07) is 3.84. The van der Waals surface area contributed by atoms with Crippen molar-refractivity contribution in [2.75, 3.05) is 13.1 Å². The number of nitrogens with zero attached hydrogens (tertiary/aromatic N) is 1. The summed E-state index contributed by atoms with van der Waals surface area (Å²) in [5.41, 5.74) is 1.10. The van der Waals surface area contributed by atoms with E-state index >= 15 is 0 Å². The number of halogens is 2. The molecule has 0 aliphatic carbocycles. The minimum atomic E-state index is 0. The number of carbonyl (C=O) groups is 1. The average Bonchev–Trinajstić information content (AvgIpc) is 2.39. The van der Waals surface area contributed by atoms with Gasteiger partial charge in [-0.05, 0) is 49.5 Å². The van der Waals surface area contributed by atoms with Crippen molar-refractivity contribution in [1.82, 2.24) is 15.6 Å². The fourth-order valence-corrected chi connectivity index (χ4v) is 2.12. The molecule has 0 atom stereocenters. The molecule has 2 rings (SSSR count). The highest BCUT2D eigenvalue weighted by atomic mass is 35.5. The molecule has 2 heterocycles.